The van der Waals surface area contributed by atoms with Crippen LogP contribution in [0, 0.1) is 5.82 Å². The van der Waals surface area contributed by atoms with Crippen molar-refractivity contribution in [1.29, 1.82) is 0 Å². The summed E-state index contributed by atoms with van der Waals surface area (Å²) in [5, 5.41) is 5.12. The minimum atomic E-state index is -0.632. The van der Waals surface area contributed by atoms with Gasteiger partial charge in [-0.25, -0.2) is 19.2 Å². The van der Waals surface area contributed by atoms with Crippen LogP contribution in [0.3, 0.4) is 0 Å². The van der Waals surface area contributed by atoms with Gasteiger partial charge in [0.05, 0.1) is 5.39 Å². The summed E-state index contributed by atoms with van der Waals surface area (Å²) in [4.78, 5) is 23.4. The Kier molecular flexibility index (Phi) is 3.97. The lowest BCUT2D eigenvalue weighted by Crippen LogP contribution is -2.18. The van der Waals surface area contributed by atoms with E-state index in [-0.39, 0.29) is 18.3 Å². The first-order chi connectivity index (χ1) is 13.6. The van der Waals surface area contributed by atoms with Gasteiger partial charge in [0.2, 0.25) is 5.89 Å². The van der Waals surface area contributed by atoms with E-state index in [1.54, 1.807) is 11.3 Å². The fraction of sp³-hybridized carbons (Fsp3) is 0.263. The minimum absolute atomic E-state index is 0.0479. The molecule has 0 fully saturated rings. The summed E-state index contributed by atoms with van der Waals surface area (Å²) in [5.74, 6) is -0.0431. The van der Waals surface area contributed by atoms with Gasteiger partial charge in [-0.3, -0.25) is 0 Å². The van der Waals surface area contributed by atoms with Gasteiger partial charge in [0.15, 0.2) is 5.82 Å². The number of benzene rings is 1. The van der Waals surface area contributed by atoms with Gasteiger partial charge >= 0.3 is 5.76 Å². The second-order valence-electron chi connectivity index (χ2n) is 6.75. The number of fused-ring (bicyclic) bond motifs is 3. The molecule has 1 aliphatic rings. The highest BCUT2D eigenvalue weighted by molar-refractivity contribution is 7.19. The fourth-order valence-corrected chi connectivity index (χ4v) is 4.84. The van der Waals surface area contributed by atoms with Crippen molar-refractivity contribution in [3.8, 4) is 11.5 Å². The first kappa shape index (κ1) is 17.1. The standard InChI is InChI=1S/C19H16FN5O2S/c20-11-7-5-10(6-8-11)17-24-25(19(26)27-17)9-14-22-16(21)15-12-3-1-2-4-13(12)28-18(15)23-14/h5-8H,1-4,9H2,(H2,21,22,23). The number of hydrogen-bond donors (Lipinski definition) is 1. The van der Waals surface area contributed by atoms with Crippen LogP contribution in [0.25, 0.3) is 21.7 Å². The molecule has 0 atom stereocenters. The van der Waals surface area contributed by atoms with Crippen LogP contribution in [-0.2, 0) is 19.4 Å². The molecule has 1 aliphatic carbocycles. The van der Waals surface area contributed by atoms with Gasteiger partial charge in [0.25, 0.3) is 0 Å². The van der Waals surface area contributed by atoms with Crippen LogP contribution in [0.2, 0.25) is 0 Å². The number of halogens is 1. The third-order valence-electron chi connectivity index (χ3n) is 4.88. The average molecular weight is 397 g/mol. The smallest absolute Gasteiger partial charge is 0.388 e. The van der Waals surface area contributed by atoms with Crippen molar-refractivity contribution in [3.05, 3.63) is 56.9 Å². The van der Waals surface area contributed by atoms with Crippen LogP contribution in [0.4, 0.5) is 10.2 Å². The second kappa shape index (κ2) is 6.52. The quantitative estimate of drug-likeness (QED) is 0.570. The molecule has 1 aromatic carbocycles. The van der Waals surface area contributed by atoms with Crippen molar-refractivity contribution >= 4 is 27.4 Å². The Bertz CT molecular complexity index is 1240. The number of aromatic nitrogens is 4. The highest BCUT2D eigenvalue weighted by atomic mass is 32.1. The molecule has 9 heteroatoms. The van der Waals surface area contributed by atoms with Crippen molar-refractivity contribution in [3.63, 3.8) is 0 Å². The topological polar surface area (TPSA) is 99.8 Å². The first-order valence-electron chi connectivity index (χ1n) is 8.99. The molecule has 142 valence electrons. The lowest BCUT2D eigenvalue weighted by Gasteiger charge is -2.10. The predicted molar refractivity (Wildman–Crippen MR) is 104 cm³/mol. The Labute approximate surface area is 162 Å². The molecule has 28 heavy (non-hydrogen) atoms. The van der Waals surface area contributed by atoms with Crippen molar-refractivity contribution in [2.45, 2.75) is 32.2 Å². The maximum absolute atomic E-state index is 13.1. The Morgan fingerprint density at radius 2 is 1.96 bits per heavy atom. The molecule has 3 aromatic heterocycles. The average Bonchev–Trinajstić information content (AvgIpc) is 3.23. The molecule has 0 saturated carbocycles. The third-order valence-corrected chi connectivity index (χ3v) is 6.06. The third kappa shape index (κ3) is 2.88. The van der Waals surface area contributed by atoms with Crippen LogP contribution < -0.4 is 11.5 Å². The van der Waals surface area contributed by atoms with Gasteiger partial charge in [-0.1, -0.05) is 0 Å². The molecule has 4 aromatic rings. The highest BCUT2D eigenvalue weighted by Crippen LogP contribution is 2.37. The monoisotopic (exact) mass is 397 g/mol. The van der Waals surface area contributed by atoms with Crippen LogP contribution in [0.1, 0.15) is 29.1 Å². The highest BCUT2D eigenvalue weighted by Gasteiger charge is 2.21. The lowest BCUT2D eigenvalue weighted by molar-refractivity contribution is 0.491. The van der Waals surface area contributed by atoms with E-state index in [1.807, 2.05) is 0 Å². The van der Waals surface area contributed by atoms with Crippen molar-refractivity contribution in [2.75, 3.05) is 5.73 Å². The van der Waals surface area contributed by atoms with E-state index in [1.165, 1.54) is 41.1 Å². The number of anilines is 1. The minimum Gasteiger partial charge on any atom is -0.388 e. The maximum atomic E-state index is 13.1. The summed E-state index contributed by atoms with van der Waals surface area (Å²) in [6.45, 7) is 0.0479. The van der Waals surface area contributed by atoms with Crippen molar-refractivity contribution < 1.29 is 8.81 Å². The van der Waals surface area contributed by atoms with E-state index in [0.29, 0.717) is 17.2 Å². The normalized spacial score (nSPS) is 13.8. The summed E-state index contributed by atoms with van der Waals surface area (Å²) in [7, 11) is 0. The molecule has 0 saturated heterocycles. The van der Waals surface area contributed by atoms with Crippen LogP contribution in [-0.4, -0.2) is 19.7 Å². The fourth-order valence-electron chi connectivity index (χ4n) is 3.55. The van der Waals surface area contributed by atoms with E-state index in [0.717, 1.165) is 34.2 Å². The zero-order valence-corrected chi connectivity index (χ0v) is 15.6. The van der Waals surface area contributed by atoms with Gasteiger partial charge in [0, 0.05) is 10.4 Å². The van der Waals surface area contributed by atoms with E-state index in [2.05, 4.69) is 15.1 Å². The summed E-state index contributed by atoms with van der Waals surface area (Å²) in [6, 6.07) is 5.57. The molecular weight excluding hydrogens is 381 g/mol. The molecule has 0 spiro atoms. The van der Waals surface area contributed by atoms with Gasteiger partial charge in [-0.2, -0.15) is 4.68 Å². The summed E-state index contributed by atoms with van der Waals surface area (Å²) in [5.41, 5.74) is 8.00. The number of nitrogen functional groups attached to an aromatic ring is 1. The lowest BCUT2D eigenvalue weighted by atomic mass is 9.97. The Morgan fingerprint density at radius 1 is 1.18 bits per heavy atom. The van der Waals surface area contributed by atoms with Gasteiger partial charge < -0.3 is 10.2 Å². The Hall–Kier alpha value is -3.07. The van der Waals surface area contributed by atoms with E-state index in [9.17, 15) is 9.18 Å². The molecule has 5 rings (SSSR count). The molecule has 3 heterocycles. The number of hydrogen-bond acceptors (Lipinski definition) is 7. The molecule has 0 amide bonds. The number of nitrogens with two attached hydrogens (primary N) is 1. The summed E-state index contributed by atoms with van der Waals surface area (Å²) in [6.07, 6.45) is 4.39. The number of nitrogens with zero attached hydrogens (tertiary/aromatic N) is 4. The van der Waals surface area contributed by atoms with Crippen molar-refractivity contribution in [2.24, 2.45) is 0 Å². The van der Waals surface area contributed by atoms with Crippen LogP contribution in [0.5, 0.6) is 0 Å². The number of aryl methyl sites for hydroxylation is 2. The van der Waals surface area contributed by atoms with E-state index >= 15 is 0 Å². The van der Waals surface area contributed by atoms with Gasteiger partial charge in [0.1, 0.15) is 23.0 Å². The van der Waals surface area contributed by atoms with Crippen LogP contribution in [0.15, 0.2) is 33.5 Å². The van der Waals surface area contributed by atoms with Gasteiger partial charge in [-0.15, -0.1) is 16.4 Å². The predicted octanol–water partition coefficient (Wildman–Crippen LogP) is 3.16. The SMILES string of the molecule is Nc1nc(Cn2nc(-c3ccc(F)cc3)oc2=O)nc2sc3c(c12)CCCC3. The molecule has 0 bridgehead atoms. The van der Waals surface area contributed by atoms with Crippen molar-refractivity contribution in [1.82, 2.24) is 19.7 Å². The first-order valence-corrected chi connectivity index (χ1v) is 9.80. The number of rotatable bonds is 3. The Balaban J connectivity index is 1.50. The van der Waals surface area contributed by atoms with E-state index < -0.39 is 5.76 Å². The molecule has 0 aliphatic heterocycles. The van der Waals surface area contributed by atoms with Crippen LogP contribution >= 0.6 is 11.3 Å². The van der Waals surface area contributed by atoms with E-state index in [4.69, 9.17) is 10.2 Å². The maximum Gasteiger partial charge on any atom is 0.437 e. The Morgan fingerprint density at radius 3 is 2.79 bits per heavy atom. The van der Waals surface area contributed by atoms with Gasteiger partial charge in [-0.05, 0) is 55.5 Å². The second-order valence-corrected chi connectivity index (χ2v) is 7.84. The largest absolute Gasteiger partial charge is 0.437 e. The summed E-state index contributed by atoms with van der Waals surface area (Å²) < 4.78 is 19.4. The summed E-state index contributed by atoms with van der Waals surface area (Å²) >= 11 is 1.65. The molecule has 2 N–H and O–H groups in total. The zero-order valence-electron chi connectivity index (χ0n) is 14.8. The number of thiophene rings is 1. The molecule has 7 nitrogen and oxygen atoms in total. The molecular formula is C19H16FN5O2S. The zero-order chi connectivity index (χ0) is 19.3. The molecule has 0 unspecified atom stereocenters. The molecule has 0 radical (unpaired) electrons.